The Bertz CT molecular complexity index is 1240. The van der Waals surface area contributed by atoms with Gasteiger partial charge in [0.2, 0.25) is 15.9 Å². The highest BCUT2D eigenvalue weighted by Crippen LogP contribution is 2.24. The van der Waals surface area contributed by atoms with E-state index in [-0.39, 0.29) is 30.3 Å². The number of aromatic nitrogens is 2. The molecule has 3 rings (SSSR count). The fraction of sp³-hybridized carbons (Fsp3) is 0.273. The Morgan fingerprint density at radius 2 is 1.71 bits per heavy atom. The van der Waals surface area contributed by atoms with E-state index in [0.717, 1.165) is 46.9 Å². The highest BCUT2D eigenvalue weighted by atomic mass is 32.2. The molecule has 0 saturated carbocycles. The normalized spacial score (nSPS) is 11.9. The van der Waals surface area contributed by atoms with Crippen molar-refractivity contribution in [1.29, 1.82) is 0 Å². The van der Waals surface area contributed by atoms with Crippen LogP contribution in [-0.4, -0.2) is 37.0 Å². The number of hydrogen-bond acceptors (Lipinski definition) is 5. The summed E-state index contributed by atoms with van der Waals surface area (Å²) in [5, 5.41) is 7.26. The molecular formula is C22H23F3N4O4S. The number of sulfonamides is 1. The summed E-state index contributed by atoms with van der Waals surface area (Å²) in [6.45, 7) is 3.79. The fourth-order valence-corrected chi connectivity index (χ4v) is 4.26. The molecule has 2 N–H and O–H groups in total. The number of nitrogens with one attached hydrogen (secondary N) is 2. The minimum atomic E-state index is -4.87. The molecule has 0 atom stereocenters. The standard InChI is InChI=1S/C22H23F3N4O4S/c1-15-20(16(2)29(28-15)17-6-4-3-5-7-17)14-26-21(30)12-13-27-34(31,32)19-10-8-18(9-11-19)33-22(23,24)25/h3-11,27H,12-14H2,1-2H3,(H,26,30). The molecule has 12 heteroatoms. The Morgan fingerprint density at radius 1 is 1.06 bits per heavy atom. The maximum absolute atomic E-state index is 12.3. The lowest BCUT2D eigenvalue weighted by molar-refractivity contribution is -0.274. The van der Waals surface area contributed by atoms with Crippen molar-refractivity contribution in [3.8, 4) is 11.4 Å². The predicted molar refractivity (Wildman–Crippen MR) is 118 cm³/mol. The number of hydrogen-bond donors (Lipinski definition) is 2. The molecule has 8 nitrogen and oxygen atoms in total. The Kier molecular flexibility index (Phi) is 7.62. The van der Waals surface area contributed by atoms with Crippen LogP contribution in [0.1, 0.15) is 23.4 Å². The molecule has 1 heterocycles. The number of alkyl halides is 3. The number of carbonyl (C=O) groups excluding carboxylic acids is 1. The lowest BCUT2D eigenvalue weighted by atomic mass is 10.2. The van der Waals surface area contributed by atoms with E-state index in [4.69, 9.17) is 0 Å². The lowest BCUT2D eigenvalue weighted by Crippen LogP contribution is -2.30. The topological polar surface area (TPSA) is 102 Å². The zero-order chi connectivity index (χ0) is 24.9. The van der Waals surface area contributed by atoms with Crippen molar-refractivity contribution in [2.75, 3.05) is 6.54 Å². The van der Waals surface area contributed by atoms with Gasteiger partial charge in [-0.25, -0.2) is 17.8 Å². The fourth-order valence-electron chi connectivity index (χ4n) is 3.23. The molecule has 0 fully saturated rings. The van der Waals surface area contributed by atoms with Crippen LogP contribution in [0.25, 0.3) is 5.69 Å². The van der Waals surface area contributed by atoms with Crippen LogP contribution in [0.4, 0.5) is 13.2 Å². The third-order valence-corrected chi connectivity index (χ3v) is 6.39. The number of para-hydroxylation sites is 1. The third kappa shape index (κ3) is 6.58. The Balaban J connectivity index is 1.51. The average Bonchev–Trinajstić information content (AvgIpc) is 3.05. The molecule has 0 unspecified atom stereocenters. The number of rotatable bonds is 9. The van der Waals surface area contributed by atoms with Gasteiger partial charge in [-0.2, -0.15) is 5.10 Å². The monoisotopic (exact) mass is 496 g/mol. The van der Waals surface area contributed by atoms with Crippen LogP contribution in [0.5, 0.6) is 5.75 Å². The van der Waals surface area contributed by atoms with Gasteiger partial charge in [0, 0.05) is 30.8 Å². The smallest absolute Gasteiger partial charge is 0.406 e. The molecule has 0 aliphatic heterocycles. The van der Waals surface area contributed by atoms with Gasteiger partial charge >= 0.3 is 6.36 Å². The molecule has 1 amide bonds. The highest BCUT2D eigenvalue weighted by molar-refractivity contribution is 7.89. The Hall–Kier alpha value is -3.38. The first-order chi connectivity index (χ1) is 16.0. The molecule has 1 aromatic heterocycles. The van der Waals surface area contributed by atoms with Gasteiger partial charge in [0.25, 0.3) is 0 Å². The summed E-state index contributed by atoms with van der Waals surface area (Å²) in [4.78, 5) is 12.0. The van der Waals surface area contributed by atoms with Crippen molar-refractivity contribution in [2.24, 2.45) is 0 Å². The maximum Gasteiger partial charge on any atom is 0.573 e. The van der Waals surface area contributed by atoms with Crippen LogP contribution in [0, 0.1) is 13.8 Å². The molecule has 3 aromatic rings. The summed E-state index contributed by atoms with van der Waals surface area (Å²) in [6, 6.07) is 13.3. The van der Waals surface area contributed by atoms with E-state index in [9.17, 15) is 26.4 Å². The molecule has 0 radical (unpaired) electrons. The van der Waals surface area contributed by atoms with Crippen LogP contribution < -0.4 is 14.8 Å². The first kappa shape index (κ1) is 25.2. The molecule has 2 aromatic carbocycles. The molecule has 182 valence electrons. The first-order valence-corrected chi connectivity index (χ1v) is 11.7. The molecule has 0 saturated heterocycles. The summed E-state index contributed by atoms with van der Waals surface area (Å²) in [5.41, 5.74) is 3.40. The van der Waals surface area contributed by atoms with Crippen LogP contribution >= 0.6 is 0 Å². The number of benzene rings is 2. The molecular weight excluding hydrogens is 473 g/mol. The van der Waals surface area contributed by atoms with Gasteiger partial charge in [-0.3, -0.25) is 4.79 Å². The van der Waals surface area contributed by atoms with Crippen LogP contribution in [0.15, 0.2) is 59.5 Å². The second kappa shape index (κ2) is 10.3. The third-order valence-electron chi connectivity index (χ3n) is 4.92. The molecule has 34 heavy (non-hydrogen) atoms. The second-order valence-electron chi connectivity index (χ2n) is 7.34. The maximum atomic E-state index is 12.3. The number of nitrogens with zero attached hydrogens (tertiary/aromatic N) is 2. The van der Waals surface area contributed by atoms with E-state index >= 15 is 0 Å². The highest BCUT2D eigenvalue weighted by Gasteiger charge is 2.31. The van der Waals surface area contributed by atoms with Crippen molar-refractivity contribution in [3.63, 3.8) is 0 Å². The molecule has 0 spiro atoms. The van der Waals surface area contributed by atoms with Crippen molar-refractivity contribution < 1.29 is 31.1 Å². The summed E-state index contributed by atoms with van der Waals surface area (Å²) in [5.74, 6) is -0.908. The molecule has 0 aliphatic rings. The Morgan fingerprint density at radius 3 is 2.32 bits per heavy atom. The first-order valence-electron chi connectivity index (χ1n) is 10.2. The minimum absolute atomic E-state index is 0.126. The number of halogens is 3. The van der Waals surface area contributed by atoms with E-state index in [1.807, 2.05) is 44.2 Å². The quantitative estimate of drug-likeness (QED) is 0.473. The van der Waals surface area contributed by atoms with Crippen molar-refractivity contribution >= 4 is 15.9 Å². The van der Waals surface area contributed by atoms with Crippen molar-refractivity contribution in [3.05, 3.63) is 71.5 Å². The summed E-state index contributed by atoms with van der Waals surface area (Å²) < 4.78 is 69.0. The number of amides is 1. The number of aryl methyl sites for hydroxylation is 1. The van der Waals surface area contributed by atoms with E-state index in [2.05, 4.69) is 19.9 Å². The lowest BCUT2D eigenvalue weighted by Gasteiger charge is -2.10. The van der Waals surface area contributed by atoms with E-state index in [0.29, 0.717) is 0 Å². The zero-order valence-electron chi connectivity index (χ0n) is 18.4. The van der Waals surface area contributed by atoms with Gasteiger partial charge in [0.1, 0.15) is 5.75 Å². The van der Waals surface area contributed by atoms with Gasteiger partial charge in [-0.1, -0.05) is 18.2 Å². The van der Waals surface area contributed by atoms with Gasteiger partial charge < -0.3 is 10.1 Å². The van der Waals surface area contributed by atoms with E-state index in [1.54, 1.807) is 4.68 Å². The molecule has 0 aliphatic carbocycles. The Labute approximate surface area is 194 Å². The second-order valence-corrected chi connectivity index (χ2v) is 9.11. The largest absolute Gasteiger partial charge is 0.573 e. The average molecular weight is 497 g/mol. The van der Waals surface area contributed by atoms with E-state index < -0.39 is 22.1 Å². The van der Waals surface area contributed by atoms with Crippen LogP contribution in [0.2, 0.25) is 0 Å². The van der Waals surface area contributed by atoms with Gasteiger partial charge in [0.05, 0.1) is 16.3 Å². The number of ether oxygens (including phenoxy) is 1. The van der Waals surface area contributed by atoms with E-state index in [1.165, 1.54) is 0 Å². The van der Waals surface area contributed by atoms with Gasteiger partial charge in [0.15, 0.2) is 0 Å². The summed E-state index contributed by atoms with van der Waals surface area (Å²) in [7, 11) is -4.00. The van der Waals surface area contributed by atoms with Crippen molar-refractivity contribution in [2.45, 2.75) is 38.1 Å². The number of carbonyl (C=O) groups is 1. The van der Waals surface area contributed by atoms with Gasteiger partial charge in [-0.05, 0) is 50.2 Å². The summed E-state index contributed by atoms with van der Waals surface area (Å²) >= 11 is 0. The van der Waals surface area contributed by atoms with Gasteiger partial charge in [-0.15, -0.1) is 13.2 Å². The van der Waals surface area contributed by atoms with Crippen molar-refractivity contribution in [1.82, 2.24) is 19.8 Å². The summed E-state index contributed by atoms with van der Waals surface area (Å²) in [6.07, 6.45) is -5.00. The predicted octanol–water partition coefficient (Wildman–Crippen LogP) is 3.37. The zero-order valence-corrected chi connectivity index (χ0v) is 19.2. The SMILES string of the molecule is Cc1nn(-c2ccccc2)c(C)c1CNC(=O)CCNS(=O)(=O)c1ccc(OC(F)(F)F)cc1. The van der Waals surface area contributed by atoms with Crippen LogP contribution in [0.3, 0.4) is 0 Å². The minimum Gasteiger partial charge on any atom is -0.406 e. The van der Waals surface area contributed by atoms with Crippen LogP contribution in [-0.2, 0) is 21.4 Å². The molecule has 0 bridgehead atoms.